The Morgan fingerprint density at radius 1 is 1.17 bits per heavy atom. The fourth-order valence-electron chi connectivity index (χ4n) is 2.33. The number of anilines is 1. The first-order valence-electron chi connectivity index (χ1n) is 7.04. The van der Waals surface area contributed by atoms with E-state index in [0.29, 0.717) is 11.4 Å². The average molecular weight is 348 g/mol. The second kappa shape index (κ2) is 6.25. The maximum atomic E-state index is 12.5. The Bertz CT molecular complexity index is 850. The van der Waals surface area contributed by atoms with E-state index in [0.717, 1.165) is 11.1 Å². The van der Waals surface area contributed by atoms with E-state index in [1.54, 1.807) is 36.4 Å². The van der Waals surface area contributed by atoms with Gasteiger partial charge in [-0.2, -0.15) is 0 Å². The maximum Gasteiger partial charge on any atom is 0.261 e. The minimum Gasteiger partial charge on any atom is -0.339 e. The van der Waals surface area contributed by atoms with Crippen LogP contribution in [0.3, 0.4) is 0 Å². The molecule has 0 aromatic heterocycles. The lowest BCUT2D eigenvalue weighted by Crippen LogP contribution is -2.19. The number of nitrogens with one attached hydrogen (secondary N) is 2. The van der Waals surface area contributed by atoms with Crippen molar-refractivity contribution in [3.05, 3.63) is 59.7 Å². The molecule has 7 heteroatoms. The number of aryl methyl sites for hydroxylation is 1. The summed E-state index contributed by atoms with van der Waals surface area (Å²) in [6.07, 6.45) is 0. The smallest absolute Gasteiger partial charge is 0.261 e. The zero-order valence-corrected chi connectivity index (χ0v) is 14.1. The predicted molar refractivity (Wildman–Crippen MR) is 91.8 cm³/mol. The number of carbonyl (C=O) groups is 1. The van der Waals surface area contributed by atoms with E-state index < -0.39 is 10.0 Å². The topological polar surface area (TPSA) is 75.3 Å². The molecule has 23 heavy (non-hydrogen) atoms. The first kappa shape index (κ1) is 15.9. The Labute approximate surface area is 139 Å². The van der Waals surface area contributed by atoms with E-state index in [-0.39, 0.29) is 16.2 Å². The van der Waals surface area contributed by atoms with Gasteiger partial charge in [0.25, 0.3) is 10.0 Å². The molecule has 2 N–H and O–H groups in total. The zero-order valence-electron chi connectivity index (χ0n) is 12.4. The number of benzene rings is 2. The van der Waals surface area contributed by atoms with Crippen LogP contribution in [-0.2, 0) is 14.8 Å². The van der Waals surface area contributed by atoms with Crippen molar-refractivity contribution >= 4 is 33.4 Å². The van der Waals surface area contributed by atoms with Crippen molar-refractivity contribution in [2.75, 3.05) is 10.5 Å². The summed E-state index contributed by atoms with van der Waals surface area (Å²) in [5.41, 5.74) is 2.22. The van der Waals surface area contributed by atoms with Crippen LogP contribution in [0.2, 0.25) is 0 Å². The molecule has 1 aliphatic rings. The maximum absolute atomic E-state index is 12.5. The molecule has 0 radical (unpaired) electrons. The molecule has 0 unspecified atom stereocenters. The van der Waals surface area contributed by atoms with Crippen LogP contribution >= 0.6 is 11.8 Å². The van der Waals surface area contributed by atoms with E-state index in [2.05, 4.69) is 10.0 Å². The van der Waals surface area contributed by atoms with Gasteiger partial charge in [-0.15, -0.1) is 11.8 Å². The molecular weight excluding hydrogens is 332 g/mol. The molecule has 1 fully saturated rings. The molecule has 2 aromatic rings. The molecule has 5 nitrogen and oxygen atoms in total. The van der Waals surface area contributed by atoms with E-state index >= 15 is 0 Å². The quantitative estimate of drug-likeness (QED) is 0.891. The summed E-state index contributed by atoms with van der Waals surface area (Å²) in [4.78, 5) is 11.5. The van der Waals surface area contributed by atoms with Crippen LogP contribution in [0.5, 0.6) is 0 Å². The van der Waals surface area contributed by atoms with Gasteiger partial charge in [-0.1, -0.05) is 24.3 Å². The van der Waals surface area contributed by atoms with Gasteiger partial charge in [-0.3, -0.25) is 9.52 Å². The molecule has 0 saturated carbocycles. The van der Waals surface area contributed by atoms with Crippen LogP contribution in [0, 0.1) is 6.92 Å². The summed E-state index contributed by atoms with van der Waals surface area (Å²) in [7, 11) is -3.63. The third-order valence-electron chi connectivity index (χ3n) is 3.41. The van der Waals surface area contributed by atoms with E-state index in [1.165, 1.54) is 11.8 Å². The van der Waals surface area contributed by atoms with Crippen molar-refractivity contribution in [3.8, 4) is 0 Å². The highest BCUT2D eigenvalue weighted by Crippen LogP contribution is 2.32. The van der Waals surface area contributed by atoms with Gasteiger partial charge in [-0.25, -0.2) is 8.42 Å². The molecule has 0 bridgehead atoms. The fraction of sp³-hybridized carbons (Fsp3) is 0.188. The highest BCUT2D eigenvalue weighted by molar-refractivity contribution is 8.00. The van der Waals surface area contributed by atoms with Crippen molar-refractivity contribution in [2.45, 2.75) is 17.2 Å². The molecule has 1 amide bonds. The zero-order chi connectivity index (χ0) is 16.4. The van der Waals surface area contributed by atoms with Gasteiger partial charge >= 0.3 is 0 Å². The third kappa shape index (κ3) is 3.68. The van der Waals surface area contributed by atoms with Crippen LogP contribution in [0.25, 0.3) is 0 Å². The number of rotatable bonds is 4. The lowest BCUT2D eigenvalue weighted by Gasteiger charge is -2.13. The molecule has 1 atom stereocenters. The van der Waals surface area contributed by atoms with Crippen molar-refractivity contribution in [2.24, 2.45) is 0 Å². The highest BCUT2D eigenvalue weighted by atomic mass is 32.2. The first-order valence-corrected chi connectivity index (χ1v) is 9.58. The van der Waals surface area contributed by atoms with E-state index in [9.17, 15) is 13.2 Å². The van der Waals surface area contributed by atoms with Crippen molar-refractivity contribution in [1.82, 2.24) is 5.32 Å². The minimum atomic E-state index is -3.63. The summed E-state index contributed by atoms with van der Waals surface area (Å²) >= 11 is 1.49. The second-order valence-corrected chi connectivity index (χ2v) is 8.08. The van der Waals surface area contributed by atoms with Crippen LogP contribution in [0.15, 0.2) is 53.4 Å². The second-order valence-electron chi connectivity index (χ2n) is 5.31. The Kier molecular flexibility index (Phi) is 4.32. The number of sulfonamides is 1. The standard InChI is InChI=1S/C16H16N2O3S2/c1-11-4-2-7-14(8-11)23(20,21)18-13-6-3-5-12(9-13)16-17-15(19)10-22-16/h2-9,16,18H,10H2,1H3,(H,17,19)/t16-/m0/s1. The monoisotopic (exact) mass is 348 g/mol. The number of thioether (sulfide) groups is 1. The Morgan fingerprint density at radius 3 is 2.65 bits per heavy atom. The normalized spacial score (nSPS) is 17.8. The molecule has 120 valence electrons. The summed E-state index contributed by atoms with van der Waals surface area (Å²) in [6.45, 7) is 1.85. The SMILES string of the molecule is Cc1cccc(S(=O)(=O)Nc2cccc([C@H]3NC(=O)CS3)c2)c1. The van der Waals surface area contributed by atoms with Crippen LogP contribution in [0.1, 0.15) is 16.5 Å². The van der Waals surface area contributed by atoms with Gasteiger partial charge in [-0.05, 0) is 42.3 Å². The van der Waals surface area contributed by atoms with Gasteiger partial charge in [0, 0.05) is 5.69 Å². The van der Waals surface area contributed by atoms with E-state index in [1.807, 2.05) is 19.1 Å². The molecule has 2 aromatic carbocycles. The summed E-state index contributed by atoms with van der Waals surface area (Å²) in [5, 5.41) is 2.71. The summed E-state index contributed by atoms with van der Waals surface area (Å²) < 4.78 is 27.5. The summed E-state index contributed by atoms with van der Waals surface area (Å²) in [5.74, 6) is 0.412. The van der Waals surface area contributed by atoms with Crippen molar-refractivity contribution < 1.29 is 13.2 Å². The lowest BCUT2D eigenvalue weighted by atomic mass is 10.2. The van der Waals surface area contributed by atoms with Gasteiger partial charge < -0.3 is 5.32 Å². The lowest BCUT2D eigenvalue weighted by molar-refractivity contribution is -0.118. The Morgan fingerprint density at radius 2 is 1.96 bits per heavy atom. The molecule has 0 spiro atoms. The van der Waals surface area contributed by atoms with Gasteiger partial charge in [0.1, 0.15) is 5.37 Å². The first-order chi connectivity index (χ1) is 10.9. The average Bonchev–Trinajstić information content (AvgIpc) is 2.94. The fourth-order valence-corrected chi connectivity index (χ4v) is 4.44. The van der Waals surface area contributed by atoms with Gasteiger partial charge in [0.15, 0.2) is 0 Å². The molecule has 1 aliphatic heterocycles. The van der Waals surface area contributed by atoms with Crippen molar-refractivity contribution in [1.29, 1.82) is 0 Å². The molecule has 1 saturated heterocycles. The van der Waals surface area contributed by atoms with Crippen molar-refractivity contribution in [3.63, 3.8) is 0 Å². The number of carbonyl (C=O) groups excluding carboxylic acids is 1. The van der Waals surface area contributed by atoms with Crippen LogP contribution < -0.4 is 10.0 Å². The Balaban J connectivity index is 1.84. The highest BCUT2D eigenvalue weighted by Gasteiger charge is 2.23. The predicted octanol–water partition coefficient (Wildman–Crippen LogP) is 2.66. The molecule has 3 rings (SSSR count). The van der Waals surface area contributed by atoms with Gasteiger partial charge in [0.2, 0.25) is 5.91 Å². The van der Waals surface area contributed by atoms with E-state index in [4.69, 9.17) is 0 Å². The van der Waals surface area contributed by atoms with Crippen LogP contribution in [-0.4, -0.2) is 20.1 Å². The molecule has 1 heterocycles. The largest absolute Gasteiger partial charge is 0.339 e. The van der Waals surface area contributed by atoms with Crippen LogP contribution in [0.4, 0.5) is 5.69 Å². The molecular formula is C16H16N2O3S2. The minimum absolute atomic E-state index is 0.00857. The number of hydrogen-bond acceptors (Lipinski definition) is 4. The molecule has 0 aliphatic carbocycles. The summed E-state index contributed by atoms with van der Waals surface area (Å²) in [6, 6.07) is 13.8. The third-order valence-corrected chi connectivity index (χ3v) is 5.95. The van der Waals surface area contributed by atoms with Gasteiger partial charge in [0.05, 0.1) is 10.6 Å². The Hall–Kier alpha value is -1.99. The number of amides is 1. The number of hydrogen-bond donors (Lipinski definition) is 2.